The predicted molar refractivity (Wildman–Crippen MR) is 144 cm³/mol. The molecule has 0 saturated heterocycles. The number of carbonyl (C=O) groups is 2. The number of aryl methyl sites for hydroxylation is 1. The molecular formula is C31H35NO5. The molecule has 0 radical (unpaired) electrons. The Labute approximate surface area is 219 Å². The van der Waals surface area contributed by atoms with E-state index in [4.69, 9.17) is 14.2 Å². The van der Waals surface area contributed by atoms with Crippen LogP contribution in [0.15, 0.2) is 72.8 Å². The van der Waals surface area contributed by atoms with Gasteiger partial charge in [-0.3, -0.25) is 4.90 Å². The Morgan fingerprint density at radius 3 is 2.14 bits per heavy atom. The third-order valence-electron chi connectivity index (χ3n) is 6.61. The van der Waals surface area contributed by atoms with Crippen molar-refractivity contribution in [1.82, 2.24) is 4.90 Å². The minimum atomic E-state index is -0.791. The van der Waals surface area contributed by atoms with Crippen LogP contribution in [-0.2, 0) is 20.7 Å². The monoisotopic (exact) mass is 501 g/mol. The molecular weight excluding hydrogens is 466 g/mol. The standard InChI is InChI=1S/C31H35NO5/c1-31(2,3)37-29(33)28(18-17-21-11-10-12-22(19-21)35-5)32(4)30(34)36-20-27-25-15-8-6-13-23(25)24-14-7-9-16-26(24)27/h6-16,19,27-28H,17-18,20H2,1-5H3. The minimum Gasteiger partial charge on any atom is -0.497 e. The van der Waals surface area contributed by atoms with Gasteiger partial charge >= 0.3 is 12.1 Å². The van der Waals surface area contributed by atoms with Gasteiger partial charge < -0.3 is 14.2 Å². The SMILES string of the molecule is COc1cccc(CCC(C(=O)OC(C)(C)C)N(C)C(=O)OCC2c3ccccc3-c3ccccc32)c1. The van der Waals surface area contributed by atoms with Crippen molar-refractivity contribution in [3.63, 3.8) is 0 Å². The first kappa shape index (κ1) is 26.3. The van der Waals surface area contributed by atoms with Crippen LogP contribution in [0.2, 0.25) is 0 Å². The number of rotatable bonds is 8. The first-order valence-electron chi connectivity index (χ1n) is 12.6. The molecule has 6 nitrogen and oxygen atoms in total. The van der Waals surface area contributed by atoms with Crippen LogP contribution in [0.25, 0.3) is 11.1 Å². The van der Waals surface area contributed by atoms with Gasteiger partial charge in [-0.1, -0.05) is 60.7 Å². The van der Waals surface area contributed by atoms with Crippen LogP contribution >= 0.6 is 0 Å². The summed E-state index contributed by atoms with van der Waals surface area (Å²) < 4.78 is 16.8. The van der Waals surface area contributed by atoms with Gasteiger partial charge in [-0.2, -0.15) is 0 Å². The van der Waals surface area contributed by atoms with Crippen LogP contribution in [0.3, 0.4) is 0 Å². The molecule has 1 amide bonds. The van der Waals surface area contributed by atoms with Crippen molar-refractivity contribution in [1.29, 1.82) is 0 Å². The number of likely N-dealkylation sites (N-methyl/N-ethyl adjacent to an activating group) is 1. The summed E-state index contributed by atoms with van der Waals surface area (Å²) in [7, 11) is 3.21. The smallest absolute Gasteiger partial charge is 0.410 e. The number of carbonyl (C=O) groups excluding carboxylic acids is 2. The lowest BCUT2D eigenvalue weighted by molar-refractivity contribution is -0.160. The Balaban J connectivity index is 1.48. The summed E-state index contributed by atoms with van der Waals surface area (Å²) in [4.78, 5) is 27.7. The maximum absolute atomic E-state index is 13.2. The Morgan fingerprint density at radius 1 is 0.919 bits per heavy atom. The topological polar surface area (TPSA) is 65.1 Å². The Hall–Kier alpha value is -3.80. The number of amides is 1. The third-order valence-corrected chi connectivity index (χ3v) is 6.61. The van der Waals surface area contributed by atoms with Gasteiger partial charge in [0.2, 0.25) is 0 Å². The summed E-state index contributed by atoms with van der Waals surface area (Å²) >= 11 is 0. The zero-order chi connectivity index (χ0) is 26.6. The molecule has 0 bridgehead atoms. The van der Waals surface area contributed by atoms with E-state index in [0.717, 1.165) is 33.6 Å². The molecule has 3 aromatic rings. The summed E-state index contributed by atoms with van der Waals surface area (Å²) in [6, 6.07) is 23.3. The number of methoxy groups -OCH3 is 1. The van der Waals surface area contributed by atoms with Crippen molar-refractivity contribution in [3.05, 3.63) is 89.5 Å². The summed E-state index contributed by atoms with van der Waals surface area (Å²) in [5.41, 5.74) is 4.94. The molecule has 0 spiro atoms. The summed E-state index contributed by atoms with van der Waals surface area (Å²) in [5.74, 6) is 0.240. The van der Waals surface area contributed by atoms with E-state index in [-0.39, 0.29) is 12.5 Å². The van der Waals surface area contributed by atoms with E-state index in [0.29, 0.717) is 12.8 Å². The first-order chi connectivity index (χ1) is 17.7. The molecule has 0 aromatic heterocycles. The second-order valence-electron chi connectivity index (χ2n) is 10.4. The molecule has 0 fully saturated rings. The summed E-state index contributed by atoms with van der Waals surface area (Å²) in [5, 5.41) is 0. The van der Waals surface area contributed by atoms with Gasteiger partial charge in [0.25, 0.3) is 0 Å². The average Bonchev–Trinajstić information content (AvgIpc) is 3.20. The fourth-order valence-corrected chi connectivity index (χ4v) is 4.79. The van der Waals surface area contributed by atoms with Crippen molar-refractivity contribution in [2.75, 3.05) is 20.8 Å². The van der Waals surface area contributed by atoms with Gasteiger partial charge in [0, 0.05) is 13.0 Å². The number of hydrogen-bond acceptors (Lipinski definition) is 5. The van der Waals surface area contributed by atoms with Crippen LogP contribution in [0.1, 0.15) is 49.8 Å². The molecule has 4 rings (SSSR count). The fraction of sp³-hybridized carbons (Fsp3) is 0.355. The maximum atomic E-state index is 13.2. The quantitative estimate of drug-likeness (QED) is 0.343. The van der Waals surface area contributed by atoms with Crippen molar-refractivity contribution < 1.29 is 23.8 Å². The zero-order valence-corrected chi connectivity index (χ0v) is 22.2. The van der Waals surface area contributed by atoms with E-state index in [2.05, 4.69) is 24.3 Å². The molecule has 0 aliphatic heterocycles. The number of fused-ring (bicyclic) bond motifs is 3. The van der Waals surface area contributed by atoms with Gasteiger partial charge in [-0.25, -0.2) is 9.59 Å². The van der Waals surface area contributed by atoms with Crippen molar-refractivity contribution >= 4 is 12.1 Å². The van der Waals surface area contributed by atoms with Crippen LogP contribution in [0.4, 0.5) is 4.79 Å². The largest absolute Gasteiger partial charge is 0.497 e. The number of esters is 1. The Kier molecular flexibility index (Phi) is 7.86. The molecule has 37 heavy (non-hydrogen) atoms. The highest BCUT2D eigenvalue weighted by molar-refractivity contribution is 5.82. The number of hydrogen-bond donors (Lipinski definition) is 0. The Bertz CT molecular complexity index is 1220. The maximum Gasteiger partial charge on any atom is 0.410 e. The molecule has 6 heteroatoms. The van der Waals surface area contributed by atoms with Crippen LogP contribution in [0.5, 0.6) is 5.75 Å². The molecule has 1 aliphatic rings. The second kappa shape index (κ2) is 11.1. The van der Waals surface area contributed by atoms with Gasteiger partial charge in [0.05, 0.1) is 7.11 Å². The number of benzene rings is 3. The molecule has 0 N–H and O–H groups in total. The fourth-order valence-electron chi connectivity index (χ4n) is 4.79. The number of nitrogens with zero attached hydrogens (tertiary/aromatic N) is 1. The van der Waals surface area contributed by atoms with E-state index in [1.54, 1.807) is 14.2 Å². The Morgan fingerprint density at radius 2 is 1.54 bits per heavy atom. The van der Waals surface area contributed by atoms with Gasteiger partial charge in [-0.15, -0.1) is 0 Å². The van der Waals surface area contributed by atoms with E-state index in [1.165, 1.54) is 4.90 Å². The second-order valence-corrected chi connectivity index (χ2v) is 10.4. The summed E-state index contributed by atoms with van der Waals surface area (Å²) in [6.45, 7) is 5.64. The highest BCUT2D eigenvalue weighted by Crippen LogP contribution is 2.44. The molecule has 0 heterocycles. The zero-order valence-electron chi connectivity index (χ0n) is 22.2. The van der Waals surface area contributed by atoms with Crippen molar-refractivity contribution in [3.8, 4) is 16.9 Å². The lowest BCUT2D eigenvalue weighted by Gasteiger charge is -2.30. The molecule has 1 unspecified atom stereocenters. The normalized spacial score (nSPS) is 13.3. The minimum absolute atomic E-state index is 0.0542. The van der Waals surface area contributed by atoms with Crippen LogP contribution in [0, 0.1) is 0 Å². The molecule has 0 saturated carbocycles. The van der Waals surface area contributed by atoms with Crippen LogP contribution in [-0.4, -0.2) is 49.4 Å². The summed E-state index contributed by atoms with van der Waals surface area (Å²) in [6.07, 6.45) is 0.411. The third kappa shape index (κ3) is 6.13. The lowest BCUT2D eigenvalue weighted by atomic mass is 9.98. The van der Waals surface area contributed by atoms with E-state index < -0.39 is 23.7 Å². The van der Waals surface area contributed by atoms with Crippen LogP contribution < -0.4 is 4.74 Å². The van der Waals surface area contributed by atoms with Crippen molar-refractivity contribution in [2.45, 2.75) is 51.2 Å². The lowest BCUT2D eigenvalue weighted by Crippen LogP contribution is -2.46. The molecule has 1 aliphatic carbocycles. The highest BCUT2D eigenvalue weighted by Gasteiger charge is 2.34. The molecule has 194 valence electrons. The van der Waals surface area contributed by atoms with Gasteiger partial charge in [-0.05, 0) is 73.6 Å². The van der Waals surface area contributed by atoms with E-state index in [9.17, 15) is 9.59 Å². The average molecular weight is 502 g/mol. The molecule has 3 aromatic carbocycles. The van der Waals surface area contributed by atoms with E-state index in [1.807, 2.05) is 69.3 Å². The predicted octanol–water partition coefficient (Wildman–Crippen LogP) is 6.22. The highest BCUT2D eigenvalue weighted by atomic mass is 16.6. The number of ether oxygens (including phenoxy) is 3. The van der Waals surface area contributed by atoms with Gasteiger partial charge in [0.15, 0.2) is 0 Å². The molecule has 1 atom stereocenters. The van der Waals surface area contributed by atoms with Gasteiger partial charge in [0.1, 0.15) is 24.0 Å². The first-order valence-corrected chi connectivity index (χ1v) is 12.6. The van der Waals surface area contributed by atoms with Crippen molar-refractivity contribution in [2.24, 2.45) is 0 Å². The van der Waals surface area contributed by atoms with E-state index >= 15 is 0 Å².